The third kappa shape index (κ3) is 3.59. The molecule has 2 atom stereocenters. The predicted molar refractivity (Wildman–Crippen MR) is 97.7 cm³/mol. The van der Waals surface area contributed by atoms with Gasteiger partial charge in [0.2, 0.25) is 0 Å². The first-order valence-electron chi connectivity index (χ1n) is 8.93. The molecule has 1 saturated carbocycles. The second-order valence-corrected chi connectivity index (χ2v) is 8.67. The summed E-state index contributed by atoms with van der Waals surface area (Å²) >= 11 is 0. The molecular formula is C20H26N2O4. The predicted octanol–water partition coefficient (Wildman–Crippen LogP) is 2.84. The maximum Gasteiger partial charge on any atom is 0.337 e. The van der Waals surface area contributed by atoms with Crippen LogP contribution in [-0.4, -0.2) is 42.4 Å². The zero-order valence-corrected chi connectivity index (χ0v) is 15.8. The zero-order valence-electron chi connectivity index (χ0n) is 15.8. The number of rotatable bonds is 2. The number of amides is 2. The van der Waals surface area contributed by atoms with Gasteiger partial charge < -0.3 is 15.0 Å². The van der Waals surface area contributed by atoms with Crippen molar-refractivity contribution < 1.29 is 19.1 Å². The molecule has 3 rings (SSSR count). The number of esters is 1. The van der Waals surface area contributed by atoms with Gasteiger partial charge in [-0.2, -0.15) is 0 Å². The minimum Gasteiger partial charge on any atom is -0.465 e. The number of hydrogen-bond acceptors (Lipinski definition) is 4. The number of likely N-dealkylation sites (tertiary alicyclic amines) is 1. The number of fused-ring (bicyclic) bond motifs is 2. The first-order valence-corrected chi connectivity index (χ1v) is 8.93. The van der Waals surface area contributed by atoms with Crippen LogP contribution in [0.1, 0.15) is 50.4 Å². The molecule has 2 amide bonds. The van der Waals surface area contributed by atoms with E-state index in [2.05, 4.69) is 30.8 Å². The van der Waals surface area contributed by atoms with Crippen molar-refractivity contribution in [3.05, 3.63) is 29.8 Å². The van der Waals surface area contributed by atoms with E-state index in [1.165, 1.54) is 7.11 Å². The normalized spacial score (nSPS) is 26.3. The fraction of sp³-hybridized carbons (Fsp3) is 0.550. The van der Waals surface area contributed by atoms with Gasteiger partial charge in [0.25, 0.3) is 0 Å². The highest BCUT2D eigenvalue weighted by molar-refractivity contribution is 6.39. The van der Waals surface area contributed by atoms with Gasteiger partial charge >= 0.3 is 17.8 Å². The van der Waals surface area contributed by atoms with Crippen LogP contribution in [0.3, 0.4) is 0 Å². The Morgan fingerprint density at radius 2 is 1.77 bits per heavy atom. The van der Waals surface area contributed by atoms with Crippen molar-refractivity contribution in [3.8, 4) is 0 Å². The fourth-order valence-electron chi connectivity index (χ4n) is 4.82. The zero-order chi connectivity index (χ0) is 19.1. The van der Waals surface area contributed by atoms with E-state index in [9.17, 15) is 14.4 Å². The number of carbonyl (C=O) groups excluding carboxylic acids is 3. The van der Waals surface area contributed by atoms with Crippen LogP contribution in [0.25, 0.3) is 0 Å². The molecule has 1 heterocycles. The Kier molecular flexibility index (Phi) is 4.54. The molecule has 0 aromatic heterocycles. The fourth-order valence-corrected chi connectivity index (χ4v) is 4.82. The molecule has 1 aromatic rings. The van der Waals surface area contributed by atoms with Gasteiger partial charge in [0.05, 0.1) is 12.7 Å². The second-order valence-electron chi connectivity index (χ2n) is 8.67. The average molecular weight is 358 g/mol. The van der Waals surface area contributed by atoms with Crippen molar-refractivity contribution in [2.45, 2.75) is 46.1 Å². The number of hydrogen-bond donors (Lipinski definition) is 1. The summed E-state index contributed by atoms with van der Waals surface area (Å²) in [7, 11) is 1.31. The van der Waals surface area contributed by atoms with E-state index < -0.39 is 17.8 Å². The van der Waals surface area contributed by atoms with Crippen LogP contribution >= 0.6 is 0 Å². The van der Waals surface area contributed by atoms with E-state index in [0.717, 1.165) is 19.3 Å². The lowest BCUT2D eigenvalue weighted by Crippen LogP contribution is -2.43. The SMILES string of the molecule is COC(=O)c1ccc(NC(=O)C(=O)N2CC3(C)CC2CC(C)(C)C3)cc1. The Balaban J connectivity index is 1.67. The van der Waals surface area contributed by atoms with Crippen molar-refractivity contribution in [1.82, 2.24) is 4.90 Å². The van der Waals surface area contributed by atoms with E-state index in [1.54, 1.807) is 29.2 Å². The molecule has 2 unspecified atom stereocenters. The molecule has 2 bridgehead atoms. The van der Waals surface area contributed by atoms with Gasteiger partial charge in [-0.1, -0.05) is 20.8 Å². The Hall–Kier alpha value is -2.37. The summed E-state index contributed by atoms with van der Waals surface area (Å²) in [4.78, 5) is 38.3. The molecule has 6 heteroatoms. The molecule has 1 aliphatic carbocycles. The second kappa shape index (κ2) is 6.41. The standard InChI is InChI=1S/C20H26N2O4/c1-19(2)9-15-10-20(3,11-19)12-22(15)17(24)16(23)21-14-7-5-13(6-8-14)18(25)26-4/h5-8,15H,9-12H2,1-4H3,(H,21,23). The van der Waals surface area contributed by atoms with Crippen LogP contribution in [0.5, 0.6) is 0 Å². The van der Waals surface area contributed by atoms with Gasteiger partial charge in [-0.25, -0.2) is 4.79 Å². The Morgan fingerprint density at radius 3 is 2.38 bits per heavy atom. The highest BCUT2D eigenvalue weighted by Gasteiger charge is 2.51. The Bertz CT molecular complexity index is 741. The van der Waals surface area contributed by atoms with Crippen LogP contribution in [-0.2, 0) is 14.3 Å². The van der Waals surface area contributed by atoms with Gasteiger partial charge in [-0.3, -0.25) is 9.59 Å². The molecule has 1 N–H and O–H groups in total. The van der Waals surface area contributed by atoms with Crippen molar-refractivity contribution in [3.63, 3.8) is 0 Å². The molecule has 1 saturated heterocycles. The first-order chi connectivity index (χ1) is 12.1. The molecular weight excluding hydrogens is 332 g/mol. The molecule has 26 heavy (non-hydrogen) atoms. The number of nitrogens with zero attached hydrogens (tertiary/aromatic N) is 1. The van der Waals surface area contributed by atoms with Crippen LogP contribution in [0.4, 0.5) is 5.69 Å². The lowest BCUT2D eigenvalue weighted by atomic mass is 9.65. The van der Waals surface area contributed by atoms with Crippen LogP contribution in [0.2, 0.25) is 0 Å². The maximum absolute atomic E-state index is 12.7. The van der Waals surface area contributed by atoms with Crippen molar-refractivity contribution in [2.75, 3.05) is 19.0 Å². The number of ether oxygens (including phenoxy) is 1. The molecule has 0 radical (unpaired) electrons. The lowest BCUT2D eigenvalue weighted by Gasteiger charge is -2.39. The number of anilines is 1. The van der Waals surface area contributed by atoms with Gasteiger partial charge in [0.1, 0.15) is 0 Å². The molecule has 6 nitrogen and oxygen atoms in total. The van der Waals surface area contributed by atoms with Crippen molar-refractivity contribution >= 4 is 23.5 Å². The number of nitrogens with one attached hydrogen (secondary N) is 1. The summed E-state index contributed by atoms with van der Waals surface area (Å²) in [5, 5.41) is 2.63. The quantitative estimate of drug-likeness (QED) is 0.651. The summed E-state index contributed by atoms with van der Waals surface area (Å²) in [5.41, 5.74) is 1.14. The first kappa shape index (κ1) is 18.4. The largest absolute Gasteiger partial charge is 0.465 e. The average Bonchev–Trinajstić information content (AvgIpc) is 2.82. The molecule has 1 aromatic carbocycles. The summed E-state index contributed by atoms with van der Waals surface area (Å²) in [6, 6.07) is 6.41. The summed E-state index contributed by atoms with van der Waals surface area (Å²) in [6.45, 7) is 7.30. The maximum atomic E-state index is 12.7. The minimum atomic E-state index is -0.634. The van der Waals surface area contributed by atoms with E-state index in [1.807, 2.05) is 0 Å². The number of benzene rings is 1. The third-order valence-electron chi connectivity index (χ3n) is 5.43. The summed E-state index contributed by atoms with van der Waals surface area (Å²) in [5.74, 6) is -1.56. The highest BCUT2D eigenvalue weighted by Crippen LogP contribution is 2.52. The van der Waals surface area contributed by atoms with E-state index in [4.69, 9.17) is 0 Å². The Morgan fingerprint density at radius 1 is 1.12 bits per heavy atom. The summed E-state index contributed by atoms with van der Waals surface area (Å²) in [6.07, 6.45) is 2.95. The van der Waals surface area contributed by atoms with Gasteiger partial charge in [0.15, 0.2) is 0 Å². The molecule has 0 spiro atoms. The van der Waals surface area contributed by atoms with Gasteiger partial charge in [-0.15, -0.1) is 0 Å². The van der Waals surface area contributed by atoms with Gasteiger partial charge in [0, 0.05) is 18.3 Å². The van der Waals surface area contributed by atoms with E-state index >= 15 is 0 Å². The Labute approximate surface area is 153 Å². The molecule has 140 valence electrons. The van der Waals surface area contributed by atoms with Crippen LogP contribution in [0.15, 0.2) is 24.3 Å². The number of carbonyl (C=O) groups is 3. The van der Waals surface area contributed by atoms with E-state index in [-0.39, 0.29) is 16.9 Å². The summed E-state index contributed by atoms with van der Waals surface area (Å²) < 4.78 is 4.64. The minimum absolute atomic E-state index is 0.0878. The highest BCUT2D eigenvalue weighted by atomic mass is 16.5. The van der Waals surface area contributed by atoms with Crippen molar-refractivity contribution in [1.29, 1.82) is 0 Å². The van der Waals surface area contributed by atoms with Crippen LogP contribution in [0, 0.1) is 10.8 Å². The number of methoxy groups -OCH3 is 1. The van der Waals surface area contributed by atoms with Crippen LogP contribution < -0.4 is 5.32 Å². The monoisotopic (exact) mass is 358 g/mol. The molecule has 1 aliphatic heterocycles. The van der Waals surface area contributed by atoms with Gasteiger partial charge in [-0.05, 0) is 54.4 Å². The lowest BCUT2D eigenvalue weighted by molar-refractivity contribution is -0.144. The van der Waals surface area contributed by atoms with Crippen molar-refractivity contribution in [2.24, 2.45) is 10.8 Å². The smallest absolute Gasteiger partial charge is 0.337 e. The molecule has 2 aliphatic rings. The molecule has 2 fully saturated rings. The topological polar surface area (TPSA) is 75.7 Å². The van der Waals surface area contributed by atoms with E-state index in [0.29, 0.717) is 17.8 Å². The third-order valence-corrected chi connectivity index (χ3v) is 5.43.